The average molecular weight is 698 g/mol. The summed E-state index contributed by atoms with van der Waals surface area (Å²) < 4.78 is 35.2. The number of phenols is 1. The lowest BCUT2D eigenvalue weighted by Gasteiger charge is -2.42. The summed E-state index contributed by atoms with van der Waals surface area (Å²) in [6, 6.07) is 27.6. The standard InChI is InChI=1S/C38H43N5O6S/c1-41-21-19-30(20-22-41)42-23-25-43(26-24-42)38(46)35(27-28-11-15-31(44)16-12-28)39-37(45)29-13-17-33(18-14-29)50(47,48)40-34-9-5-6-10-36(34)49-32-7-3-2-4-8-32/h2-18,30,35,40,44H,19-27H2,1H3,(H,39,45)/t35-/m0/s1. The van der Waals surface area contributed by atoms with Crippen LogP contribution in [-0.4, -0.2) is 98.4 Å². The van der Waals surface area contributed by atoms with E-state index < -0.39 is 22.0 Å². The van der Waals surface area contributed by atoms with Crippen molar-refractivity contribution in [3.8, 4) is 17.2 Å². The number of phenolic OH excluding ortho intramolecular Hbond substituents is 1. The maximum atomic E-state index is 13.9. The molecule has 2 fully saturated rings. The van der Waals surface area contributed by atoms with E-state index in [9.17, 15) is 23.1 Å². The Kier molecular flexibility index (Phi) is 11.0. The Balaban J connectivity index is 1.12. The van der Waals surface area contributed by atoms with Crippen molar-refractivity contribution < 1.29 is 27.9 Å². The molecular formula is C38H43N5O6S. The second-order valence-electron chi connectivity index (χ2n) is 12.8. The van der Waals surface area contributed by atoms with Gasteiger partial charge in [0, 0.05) is 44.2 Å². The van der Waals surface area contributed by atoms with Gasteiger partial charge in [-0.2, -0.15) is 0 Å². The van der Waals surface area contributed by atoms with Crippen LogP contribution in [0.15, 0.2) is 108 Å². The lowest BCUT2D eigenvalue weighted by molar-refractivity contribution is -0.135. The summed E-state index contributed by atoms with van der Waals surface area (Å²) in [5.74, 6) is 0.347. The van der Waals surface area contributed by atoms with Crippen LogP contribution in [0.4, 0.5) is 5.69 Å². The van der Waals surface area contributed by atoms with Gasteiger partial charge in [0.25, 0.3) is 15.9 Å². The van der Waals surface area contributed by atoms with E-state index in [1.807, 2.05) is 23.1 Å². The van der Waals surface area contributed by atoms with Crippen LogP contribution >= 0.6 is 0 Å². The molecule has 2 saturated heterocycles. The summed E-state index contributed by atoms with van der Waals surface area (Å²) >= 11 is 0. The van der Waals surface area contributed by atoms with Crippen LogP contribution in [0.25, 0.3) is 0 Å². The van der Waals surface area contributed by atoms with Crippen LogP contribution in [0.2, 0.25) is 0 Å². The second-order valence-corrected chi connectivity index (χ2v) is 14.5. The van der Waals surface area contributed by atoms with Gasteiger partial charge in [0.1, 0.15) is 17.5 Å². The van der Waals surface area contributed by atoms with Crippen molar-refractivity contribution in [1.29, 1.82) is 0 Å². The molecule has 2 aliphatic rings. The molecule has 2 amide bonds. The second kappa shape index (κ2) is 15.8. The quantitative estimate of drug-likeness (QED) is 0.208. The molecule has 6 rings (SSSR count). The molecule has 1 atom stereocenters. The highest BCUT2D eigenvalue weighted by Crippen LogP contribution is 2.31. The largest absolute Gasteiger partial charge is 0.508 e. The fourth-order valence-corrected chi connectivity index (χ4v) is 7.51. The first-order chi connectivity index (χ1) is 24.1. The predicted molar refractivity (Wildman–Crippen MR) is 192 cm³/mol. The van der Waals surface area contributed by atoms with Crippen molar-refractivity contribution >= 4 is 27.5 Å². The highest BCUT2D eigenvalue weighted by atomic mass is 32.2. The third kappa shape index (κ3) is 8.81. The smallest absolute Gasteiger partial charge is 0.262 e. The number of para-hydroxylation sites is 3. The molecule has 50 heavy (non-hydrogen) atoms. The molecule has 11 nitrogen and oxygen atoms in total. The van der Waals surface area contributed by atoms with Gasteiger partial charge < -0.3 is 25.0 Å². The van der Waals surface area contributed by atoms with Gasteiger partial charge in [0.2, 0.25) is 5.91 Å². The number of ether oxygens (including phenoxy) is 1. The fourth-order valence-electron chi connectivity index (χ4n) is 6.44. The Morgan fingerprint density at radius 1 is 0.820 bits per heavy atom. The maximum Gasteiger partial charge on any atom is 0.262 e. The van der Waals surface area contributed by atoms with E-state index in [1.54, 1.807) is 60.7 Å². The number of hydrogen-bond donors (Lipinski definition) is 3. The number of carbonyl (C=O) groups is 2. The van der Waals surface area contributed by atoms with Crippen molar-refractivity contribution in [3.63, 3.8) is 0 Å². The first-order valence-corrected chi connectivity index (χ1v) is 18.4. The molecule has 4 aromatic rings. The van der Waals surface area contributed by atoms with Crippen molar-refractivity contribution in [2.45, 2.75) is 36.2 Å². The summed E-state index contributed by atoms with van der Waals surface area (Å²) in [7, 11) is -1.88. The normalized spacial score (nSPS) is 16.8. The monoisotopic (exact) mass is 697 g/mol. The number of anilines is 1. The molecule has 0 bridgehead atoms. The van der Waals surface area contributed by atoms with Gasteiger partial charge in [-0.3, -0.25) is 19.2 Å². The zero-order valence-electron chi connectivity index (χ0n) is 28.1. The minimum absolute atomic E-state index is 0.0391. The molecular weight excluding hydrogens is 655 g/mol. The fraction of sp³-hybridized carbons (Fsp3) is 0.316. The number of hydrogen-bond acceptors (Lipinski definition) is 8. The number of benzene rings is 4. The summed E-state index contributed by atoms with van der Waals surface area (Å²) in [5, 5.41) is 12.7. The summed E-state index contributed by atoms with van der Waals surface area (Å²) in [6.45, 7) is 4.87. The summed E-state index contributed by atoms with van der Waals surface area (Å²) in [4.78, 5) is 34.0. The number of likely N-dealkylation sites (tertiary alicyclic amines) is 1. The molecule has 0 aliphatic carbocycles. The first kappa shape index (κ1) is 34.9. The van der Waals surface area contributed by atoms with Crippen LogP contribution in [0.1, 0.15) is 28.8 Å². The summed E-state index contributed by atoms with van der Waals surface area (Å²) in [6.07, 6.45) is 2.48. The molecule has 0 radical (unpaired) electrons. The van der Waals surface area contributed by atoms with Gasteiger partial charge in [-0.05, 0) is 99.2 Å². The average Bonchev–Trinajstić information content (AvgIpc) is 3.13. The van der Waals surface area contributed by atoms with E-state index in [0.29, 0.717) is 30.6 Å². The van der Waals surface area contributed by atoms with Crippen molar-refractivity contribution in [3.05, 3.63) is 114 Å². The highest BCUT2D eigenvalue weighted by molar-refractivity contribution is 7.92. The minimum atomic E-state index is -4.03. The number of carbonyl (C=O) groups excluding carboxylic acids is 2. The molecule has 0 aromatic heterocycles. The Labute approximate surface area is 293 Å². The van der Waals surface area contributed by atoms with E-state index in [2.05, 4.69) is 26.9 Å². The summed E-state index contributed by atoms with van der Waals surface area (Å²) in [5.41, 5.74) is 1.27. The number of rotatable bonds is 11. The Hall–Kier alpha value is -4.91. The molecule has 0 spiro atoms. The van der Waals surface area contributed by atoms with Crippen molar-refractivity contribution in [1.82, 2.24) is 20.0 Å². The SMILES string of the molecule is CN1CCC(N2CCN(C(=O)[C@H](Cc3ccc(O)cc3)NC(=O)c3ccc(S(=O)(=O)Nc4ccccc4Oc4ccccc4)cc3)CC2)CC1. The van der Waals surface area contributed by atoms with Gasteiger partial charge >= 0.3 is 0 Å². The van der Waals surface area contributed by atoms with Crippen LogP contribution in [0, 0.1) is 0 Å². The number of nitrogens with zero attached hydrogens (tertiary/aromatic N) is 3. The lowest BCUT2D eigenvalue weighted by atomic mass is 10.0. The van der Waals surface area contributed by atoms with Gasteiger partial charge in [-0.15, -0.1) is 0 Å². The number of amides is 2. The first-order valence-electron chi connectivity index (χ1n) is 16.9. The Morgan fingerprint density at radius 2 is 1.46 bits per heavy atom. The van der Waals surface area contributed by atoms with Gasteiger partial charge in [0.05, 0.1) is 10.6 Å². The Bertz CT molecular complexity index is 1860. The van der Waals surface area contributed by atoms with Crippen molar-refractivity contribution in [2.75, 3.05) is 51.0 Å². The minimum Gasteiger partial charge on any atom is -0.508 e. The van der Waals surface area contributed by atoms with Crippen LogP contribution in [0.3, 0.4) is 0 Å². The van der Waals surface area contributed by atoms with Gasteiger partial charge in [-0.1, -0.05) is 42.5 Å². The zero-order chi connectivity index (χ0) is 35.1. The predicted octanol–water partition coefficient (Wildman–Crippen LogP) is 4.56. The zero-order valence-corrected chi connectivity index (χ0v) is 28.9. The number of piperidine rings is 1. The number of nitrogens with one attached hydrogen (secondary N) is 2. The lowest BCUT2D eigenvalue weighted by Crippen LogP contribution is -2.57. The van der Waals surface area contributed by atoms with E-state index >= 15 is 0 Å². The number of sulfonamides is 1. The third-order valence-electron chi connectivity index (χ3n) is 9.34. The highest BCUT2D eigenvalue weighted by Gasteiger charge is 2.32. The molecule has 4 aromatic carbocycles. The van der Waals surface area contributed by atoms with E-state index in [1.165, 1.54) is 24.3 Å². The molecule has 2 heterocycles. The topological polar surface area (TPSA) is 132 Å². The molecule has 3 N–H and O–H groups in total. The van der Waals surface area contributed by atoms with Gasteiger partial charge in [-0.25, -0.2) is 8.42 Å². The van der Waals surface area contributed by atoms with Crippen molar-refractivity contribution in [2.24, 2.45) is 0 Å². The van der Waals surface area contributed by atoms with Crippen LogP contribution in [0.5, 0.6) is 17.2 Å². The molecule has 0 saturated carbocycles. The molecule has 2 aliphatic heterocycles. The number of piperazine rings is 1. The maximum absolute atomic E-state index is 13.9. The molecule has 12 heteroatoms. The van der Waals surface area contributed by atoms with Gasteiger partial charge in [0.15, 0.2) is 5.75 Å². The number of aromatic hydroxyl groups is 1. The Morgan fingerprint density at radius 3 is 2.14 bits per heavy atom. The van der Waals surface area contributed by atoms with E-state index in [-0.39, 0.29) is 34.2 Å². The van der Waals surface area contributed by atoms with E-state index in [0.717, 1.165) is 44.6 Å². The van der Waals surface area contributed by atoms with E-state index in [4.69, 9.17) is 4.74 Å². The molecule has 262 valence electrons. The third-order valence-corrected chi connectivity index (χ3v) is 10.7. The molecule has 0 unspecified atom stereocenters. The van der Waals surface area contributed by atoms with Crippen LogP contribution in [-0.2, 0) is 21.2 Å². The van der Waals surface area contributed by atoms with Crippen LogP contribution < -0.4 is 14.8 Å².